The van der Waals surface area contributed by atoms with Crippen LogP contribution in [0.5, 0.6) is 0 Å². The summed E-state index contributed by atoms with van der Waals surface area (Å²) in [7, 11) is 1.85. The molecule has 1 saturated heterocycles. The maximum absolute atomic E-state index is 4.36. The summed E-state index contributed by atoms with van der Waals surface area (Å²) in [6.45, 7) is 17.8. The van der Waals surface area contributed by atoms with Crippen LogP contribution >= 0.6 is 24.0 Å². The van der Waals surface area contributed by atoms with Gasteiger partial charge in [-0.2, -0.15) is 0 Å². The summed E-state index contributed by atoms with van der Waals surface area (Å²) in [5.41, 5.74) is 0.172. The van der Waals surface area contributed by atoms with E-state index in [1.165, 1.54) is 32.4 Å². The van der Waals surface area contributed by atoms with Crippen LogP contribution in [0.2, 0.25) is 0 Å². The third-order valence-corrected chi connectivity index (χ3v) is 4.95. The molecule has 24 heavy (non-hydrogen) atoms. The number of piperidine rings is 1. The number of aliphatic imine (C=N–C) groups is 1. The van der Waals surface area contributed by atoms with Gasteiger partial charge in [0.25, 0.3) is 0 Å². The predicted octanol–water partition coefficient (Wildman–Crippen LogP) is 2.76. The van der Waals surface area contributed by atoms with Crippen LogP contribution in [0.4, 0.5) is 0 Å². The number of rotatable bonds is 8. The van der Waals surface area contributed by atoms with E-state index in [0.717, 1.165) is 32.1 Å². The Bertz CT molecular complexity index is 351. The molecule has 1 aliphatic rings. The van der Waals surface area contributed by atoms with Crippen LogP contribution in [-0.2, 0) is 0 Å². The summed E-state index contributed by atoms with van der Waals surface area (Å²) < 4.78 is 0. The first-order valence-electron chi connectivity index (χ1n) is 9.34. The molecule has 0 unspecified atom stereocenters. The van der Waals surface area contributed by atoms with E-state index in [9.17, 15) is 0 Å². The van der Waals surface area contributed by atoms with Gasteiger partial charge in [-0.3, -0.25) is 14.8 Å². The van der Waals surface area contributed by atoms with E-state index in [-0.39, 0.29) is 29.5 Å². The van der Waals surface area contributed by atoms with Crippen molar-refractivity contribution in [1.29, 1.82) is 0 Å². The number of guanidine groups is 1. The van der Waals surface area contributed by atoms with Crippen LogP contribution in [0.3, 0.4) is 0 Å². The summed E-state index contributed by atoms with van der Waals surface area (Å²) in [5.74, 6) is 0.912. The first kappa shape index (κ1) is 23.9. The number of halogens is 1. The molecule has 2 N–H and O–H groups in total. The van der Waals surface area contributed by atoms with Gasteiger partial charge in [0.1, 0.15) is 0 Å². The summed E-state index contributed by atoms with van der Waals surface area (Å²) >= 11 is 0. The average Bonchev–Trinajstić information content (AvgIpc) is 2.54. The average molecular weight is 453 g/mol. The van der Waals surface area contributed by atoms with Crippen molar-refractivity contribution in [2.45, 2.75) is 65.5 Å². The third-order valence-electron chi connectivity index (χ3n) is 4.95. The van der Waals surface area contributed by atoms with Gasteiger partial charge in [-0.1, -0.05) is 13.3 Å². The van der Waals surface area contributed by atoms with Gasteiger partial charge in [-0.05, 0) is 60.2 Å². The van der Waals surface area contributed by atoms with Crippen molar-refractivity contribution in [3.05, 3.63) is 0 Å². The molecule has 1 aliphatic heterocycles. The second kappa shape index (κ2) is 12.3. The molecule has 0 radical (unpaired) electrons. The van der Waals surface area contributed by atoms with Gasteiger partial charge in [0, 0.05) is 38.3 Å². The van der Waals surface area contributed by atoms with E-state index < -0.39 is 0 Å². The zero-order chi connectivity index (χ0) is 17.3. The van der Waals surface area contributed by atoms with Crippen molar-refractivity contribution in [2.75, 3.05) is 46.3 Å². The van der Waals surface area contributed by atoms with Gasteiger partial charge in [-0.25, -0.2) is 0 Å². The number of likely N-dealkylation sites (N-methyl/N-ethyl adjacent to an activating group) is 1. The largest absolute Gasteiger partial charge is 0.355 e. The monoisotopic (exact) mass is 453 g/mol. The standard InChI is InChI=1S/C18H39N5.HI/c1-7-22(16(2)3)14-11-20-17(19-6)21-15-18(4,5)23-12-9-8-10-13-23;/h16H,7-15H2,1-6H3,(H2,19,20,21);1H. The molecule has 0 aromatic carbocycles. The minimum Gasteiger partial charge on any atom is -0.355 e. The minimum atomic E-state index is 0. The Morgan fingerprint density at radius 1 is 1.17 bits per heavy atom. The Labute approximate surface area is 167 Å². The van der Waals surface area contributed by atoms with Gasteiger partial charge < -0.3 is 10.6 Å². The lowest BCUT2D eigenvalue weighted by atomic mass is 9.98. The highest BCUT2D eigenvalue weighted by molar-refractivity contribution is 14.0. The van der Waals surface area contributed by atoms with Gasteiger partial charge in [0.05, 0.1) is 0 Å². The fourth-order valence-corrected chi connectivity index (χ4v) is 3.23. The Morgan fingerprint density at radius 2 is 1.79 bits per heavy atom. The molecule has 0 saturated carbocycles. The summed E-state index contributed by atoms with van der Waals surface area (Å²) in [6, 6.07) is 0.592. The van der Waals surface area contributed by atoms with Crippen molar-refractivity contribution < 1.29 is 0 Å². The molecule has 144 valence electrons. The highest BCUT2D eigenvalue weighted by atomic mass is 127. The number of likely N-dealkylation sites (tertiary alicyclic amines) is 1. The lowest BCUT2D eigenvalue weighted by Crippen LogP contribution is -2.55. The Balaban J connectivity index is 0.00000529. The number of hydrogen-bond acceptors (Lipinski definition) is 3. The molecule has 0 bridgehead atoms. The number of nitrogens with zero attached hydrogens (tertiary/aromatic N) is 3. The topological polar surface area (TPSA) is 42.9 Å². The van der Waals surface area contributed by atoms with E-state index in [1.807, 2.05) is 7.05 Å². The van der Waals surface area contributed by atoms with Crippen LogP contribution in [0.25, 0.3) is 0 Å². The Morgan fingerprint density at radius 3 is 2.29 bits per heavy atom. The van der Waals surface area contributed by atoms with Crippen LogP contribution in [-0.4, -0.2) is 73.7 Å². The Kier molecular flexibility index (Phi) is 12.3. The van der Waals surface area contributed by atoms with Crippen LogP contribution < -0.4 is 10.6 Å². The fraction of sp³-hybridized carbons (Fsp3) is 0.944. The second-order valence-electron chi connectivity index (χ2n) is 7.44. The van der Waals surface area contributed by atoms with E-state index in [1.54, 1.807) is 0 Å². The number of hydrogen-bond donors (Lipinski definition) is 2. The summed E-state index contributed by atoms with van der Waals surface area (Å²) in [5, 5.41) is 6.95. The lowest BCUT2D eigenvalue weighted by molar-refractivity contribution is 0.0982. The molecule has 0 aromatic heterocycles. The minimum absolute atomic E-state index is 0. The third kappa shape index (κ3) is 8.34. The highest BCUT2D eigenvalue weighted by Crippen LogP contribution is 2.19. The SMILES string of the molecule is CCN(CCNC(=NC)NCC(C)(C)N1CCCCC1)C(C)C.I. The maximum Gasteiger partial charge on any atom is 0.191 e. The maximum atomic E-state index is 4.36. The first-order chi connectivity index (χ1) is 10.9. The van der Waals surface area contributed by atoms with Crippen LogP contribution in [0.15, 0.2) is 4.99 Å². The summed E-state index contributed by atoms with van der Waals surface area (Å²) in [6.07, 6.45) is 4.05. The van der Waals surface area contributed by atoms with Crippen LogP contribution in [0, 0.1) is 0 Å². The first-order valence-corrected chi connectivity index (χ1v) is 9.34. The molecule has 0 amide bonds. The Hall–Kier alpha value is -0.0800. The molecule has 0 aromatic rings. The van der Waals surface area contributed by atoms with Crippen molar-refractivity contribution >= 4 is 29.9 Å². The second-order valence-corrected chi connectivity index (χ2v) is 7.44. The zero-order valence-corrected chi connectivity index (χ0v) is 19.0. The van der Waals surface area contributed by atoms with E-state index in [4.69, 9.17) is 0 Å². The van der Waals surface area contributed by atoms with Gasteiger partial charge in [0.15, 0.2) is 5.96 Å². The lowest BCUT2D eigenvalue weighted by Gasteiger charge is -2.41. The molecular weight excluding hydrogens is 413 g/mol. The molecule has 0 spiro atoms. The van der Waals surface area contributed by atoms with Crippen molar-refractivity contribution in [1.82, 2.24) is 20.4 Å². The number of nitrogens with one attached hydrogen (secondary N) is 2. The van der Waals surface area contributed by atoms with Gasteiger partial charge in [-0.15, -0.1) is 24.0 Å². The summed E-state index contributed by atoms with van der Waals surface area (Å²) in [4.78, 5) is 9.42. The van der Waals surface area contributed by atoms with E-state index in [2.05, 4.69) is 60.0 Å². The molecule has 5 nitrogen and oxygen atoms in total. The smallest absolute Gasteiger partial charge is 0.191 e. The van der Waals surface area contributed by atoms with Crippen molar-refractivity contribution in [3.8, 4) is 0 Å². The molecule has 1 fully saturated rings. The molecule has 0 aliphatic carbocycles. The predicted molar refractivity (Wildman–Crippen MR) is 117 cm³/mol. The van der Waals surface area contributed by atoms with E-state index in [0.29, 0.717) is 6.04 Å². The molecule has 1 rings (SSSR count). The van der Waals surface area contributed by atoms with E-state index >= 15 is 0 Å². The molecule has 1 heterocycles. The fourth-order valence-electron chi connectivity index (χ4n) is 3.23. The molecule has 6 heteroatoms. The van der Waals surface area contributed by atoms with Gasteiger partial charge in [0.2, 0.25) is 0 Å². The van der Waals surface area contributed by atoms with Crippen molar-refractivity contribution in [2.24, 2.45) is 4.99 Å². The zero-order valence-electron chi connectivity index (χ0n) is 16.7. The molecule has 0 atom stereocenters. The van der Waals surface area contributed by atoms with Crippen LogP contribution in [0.1, 0.15) is 53.9 Å². The normalized spacial score (nSPS) is 17.1. The highest BCUT2D eigenvalue weighted by Gasteiger charge is 2.27. The van der Waals surface area contributed by atoms with Gasteiger partial charge >= 0.3 is 0 Å². The molecular formula is C18H40IN5. The van der Waals surface area contributed by atoms with Crippen molar-refractivity contribution in [3.63, 3.8) is 0 Å². The quantitative estimate of drug-likeness (QED) is 0.337.